The maximum absolute atomic E-state index is 12.7. The van der Waals surface area contributed by atoms with E-state index < -0.39 is 0 Å². The van der Waals surface area contributed by atoms with Crippen LogP contribution in [-0.2, 0) is 12.1 Å². The molecule has 0 saturated heterocycles. The highest BCUT2D eigenvalue weighted by atomic mass is 19.1. The van der Waals surface area contributed by atoms with Gasteiger partial charge in [0, 0.05) is 24.0 Å². The summed E-state index contributed by atoms with van der Waals surface area (Å²) in [5.74, 6) is -0.221. The molecule has 2 rings (SSSR count). The highest BCUT2D eigenvalue weighted by Gasteiger charge is 2.13. The average Bonchev–Trinajstić information content (AvgIpc) is 2.77. The van der Waals surface area contributed by atoms with E-state index in [9.17, 15) is 4.39 Å². The van der Waals surface area contributed by atoms with Crippen LogP contribution in [0.5, 0.6) is 0 Å². The monoisotopic (exact) mass is 247 g/mol. The Hall–Kier alpha value is -1.84. The number of nitrogens with one attached hydrogen (secondary N) is 1. The molecule has 1 heterocycles. The van der Waals surface area contributed by atoms with E-state index in [1.165, 1.54) is 12.1 Å². The fourth-order valence-corrected chi connectivity index (χ4v) is 1.59. The summed E-state index contributed by atoms with van der Waals surface area (Å²) in [6.45, 7) is 7.01. The van der Waals surface area contributed by atoms with E-state index >= 15 is 0 Å². The van der Waals surface area contributed by atoms with E-state index in [4.69, 9.17) is 0 Å². The predicted octanol–water partition coefficient (Wildman–Crippen LogP) is 3.39. The molecule has 0 unspecified atom stereocenters. The molecule has 18 heavy (non-hydrogen) atoms. The molecule has 0 radical (unpaired) electrons. The third kappa shape index (κ3) is 3.09. The fraction of sp³-hybridized carbons (Fsp3) is 0.357. The standard InChI is InChI=1S/C14H18FN3/c1-14(2,3)18-10-11(9-17-18)8-16-13-6-4-12(15)5-7-13/h4-7,9-10,16H,8H2,1-3H3. The normalized spacial score (nSPS) is 11.6. The number of rotatable bonds is 3. The lowest BCUT2D eigenvalue weighted by molar-refractivity contribution is 0.355. The van der Waals surface area contributed by atoms with Crippen LogP contribution < -0.4 is 5.32 Å². The van der Waals surface area contributed by atoms with Crippen molar-refractivity contribution in [1.82, 2.24) is 9.78 Å². The predicted molar refractivity (Wildman–Crippen MR) is 70.9 cm³/mol. The summed E-state index contributed by atoms with van der Waals surface area (Å²) in [4.78, 5) is 0. The second-order valence-electron chi connectivity index (χ2n) is 5.32. The van der Waals surface area contributed by atoms with Gasteiger partial charge in [0.05, 0.1) is 11.7 Å². The quantitative estimate of drug-likeness (QED) is 0.901. The Labute approximate surface area is 107 Å². The molecule has 0 bridgehead atoms. The van der Waals surface area contributed by atoms with Gasteiger partial charge in [0.25, 0.3) is 0 Å². The molecule has 0 aliphatic carbocycles. The molecule has 0 atom stereocenters. The molecule has 1 aromatic heterocycles. The van der Waals surface area contributed by atoms with Crippen LogP contribution >= 0.6 is 0 Å². The first-order valence-electron chi connectivity index (χ1n) is 5.98. The van der Waals surface area contributed by atoms with Crippen molar-refractivity contribution in [3.05, 3.63) is 48.0 Å². The summed E-state index contributed by atoms with van der Waals surface area (Å²) >= 11 is 0. The summed E-state index contributed by atoms with van der Waals surface area (Å²) in [5, 5.41) is 7.56. The average molecular weight is 247 g/mol. The summed E-state index contributed by atoms with van der Waals surface area (Å²) < 4.78 is 14.7. The van der Waals surface area contributed by atoms with Crippen molar-refractivity contribution < 1.29 is 4.39 Å². The van der Waals surface area contributed by atoms with E-state index in [-0.39, 0.29) is 11.4 Å². The fourth-order valence-electron chi connectivity index (χ4n) is 1.59. The van der Waals surface area contributed by atoms with E-state index in [1.807, 2.05) is 17.1 Å². The number of aromatic nitrogens is 2. The van der Waals surface area contributed by atoms with Crippen molar-refractivity contribution in [2.75, 3.05) is 5.32 Å². The van der Waals surface area contributed by atoms with Crippen molar-refractivity contribution in [3.8, 4) is 0 Å². The zero-order chi connectivity index (χ0) is 13.2. The molecule has 1 N–H and O–H groups in total. The first kappa shape index (κ1) is 12.6. The van der Waals surface area contributed by atoms with Gasteiger partial charge in [-0.15, -0.1) is 0 Å². The lowest BCUT2D eigenvalue weighted by Gasteiger charge is -2.18. The van der Waals surface area contributed by atoms with Gasteiger partial charge < -0.3 is 5.32 Å². The molecule has 0 aliphatic rings. The third-order valence-corrected chi connectivity index (χ3v) is 2.66. The number of hydrogen-bond donors (Lipinski definition) is 1. The SMILES string of the molecule is CC(C)(C)n1cc(CNc2ccc(F)cc2)cn1. The Morgan fingerprint density at radius 3 is 2.44 bits per heavy atom. The second-order valence-corrected chi connectivity index (χ2v) is 5.32. The second kappa shape index (κ2) is 4.80. The number of benzene rings is 1. The number of halogens is 1. The smallest absolute Gasteiger partial charge is 0.123 e. The van der Waals surface area contributed by atoms with Gasteiger partial charge in [0.15, 0.2) is 0 Å². The van der Waals surface area contributed by atoms with E-state index in [0.717, 1.165) is 11.3 Å². The van der Waals surface area contributed by atoms with Crippen LogP contribution in [0.4, 0.5) is 10.1 Å². The maximum atomic E-state index is 12.7. The van der Waals surface area contributed by atoms with Crippen molar-refractivity contribution in [1.29, 1.82) is 0 Å². The largest absolute Gasteiger partial charge is 0.381 e. The number of anilines is 1. The Morgan fingerprint density at radius 2 is 1.89 bits per heavy atom. The Morgan fingerprint density at radius 1 is 1.22 bits per heavy atom. The minimum atomic E-state index is -0.221. The van der Waals surface area contributed by atoms with Gasteiger partial charge in [-0.3, -0.25) is 4.68 Å². The van der Waals surface area contributed by atoms with Crippen LogP contribution in [-0.4, -0.2) is 9.78 Å². The van der Waals surface area contributed by atoms with Crippen LogP contribution in [0.3, 0.4) is 0 Å². The highest BCUT2D eigenvalue weighted by Crippen LogP contribution is 2.14. The molecular formula is C14H18FN3. The van der Waals surface area contributed by atoms with Crippen LogP contribution in [0, 0.1) is 5.82 Å². The van der Waals surface area contributed by atoms with E-state index in [2.05, 4.69) is 31.2 Å². The van der Waals surface area contributed by atoms with Gasteiger partial charge in [-0.25, -0.2) is 4.39 Å². The topological polar surface area (TPSA) is 29.9 Å². The van der Waals surface area contributed by atoms with Crippen LogP contribution in [0.1, 0.15) is 26.3 Å². The minimum absolute atomic E-state index is 0.00583. The lowest BCUT2D eigenvalue weighted by atomic mass is 10.1. The van der Waals surface area contributed by atoms with Crippen LogP contribution in [0.15, 0.2) is 36.7 Å². The first-order valence-corrected chi connectivity index (χ1v) is 5.98. The zero-order valence-corrected chi connectivity index (χ0v) is 10.9. The molecule has 0 aliphatic heterocycles. The summed E-state index contributed by atoms with van der Waals surface area (Å²) in [7, 11) is 0. The summed E-state index contributed by atoms with van der Waals surface area (Å²) in [6.07, 6.45) is 3.87. The van der Waals surface area contributed by atoms with Gasteiger partial charge >= 0.3 is 0 Å². The first-order chi connectivity index (χ1) is 8.45. The van der Waals surface area contributed by atoms with Gasteiger partial charge in [-0.2, -0.15) is 5.10 Å². The van der Waals surface area contributed by atoms with Gasteiger partial charge in [-0.05, 0) is 45.0 Å². The van der Waals surface area contributed by atoms with Gasteiger partial charge in [0.1, 0.15) is 5.82 Å². The number of nitrogens with zero attached hydrogens (tertiary/aromatic N) is 2. The molecule has 4 heteroatoms. The van der Waals surface area contributed by atoms with E-state index in [1.54, 1.807) is 12.1 Å². The molecule has 3 nitrogen and oxygen atoms in total. The van der Waals surface area contributed by atoms with Crippen molar-refractivity contribution in [2.45, 2.75) is 32.9 Å². The molecule has 0 fully saturated rings. The molecule has 0 saturated carbocycles. The lowest BCUT2D eigenvalue weighted by Crippen LogP contribution is -2.21. The van der Waals surface area contributed by atoms with Crippen molar-refractivity contribution in [3.63, 3.8) is 0 Å². The van der Waals surface area contributed by atoms with Crippen molar-refractivity contribution >= 4 is 5.69 Å². The molecule has 96 valence electrons. The number of hydrogen-bond acceptors (Lipinski definition) is 2. The third-order valence-electron chi connectivity index (χ3n) is 2.66. The minimum Gasteiger partial charge on any atom is -0.381 e. The highest BCUT2D eigenvalue weighted by molar-refractivity contribution is 5.43. The van der Waals surface area contributed by atoms with Crippen LogP contribution in [0.25, 0.3) is 0 Å². The maximum Gasteiger partial charge on any atom is 0.123 e. The Bertz CT molecular complexity index is 509. The molecule has 1 aromatic carbocycles. The molecule has 0 amide bonds. The molecule has 0 spiro atoms. The Balaban J connectivity index is 1.98. The summed E-state index contributed by atoms with van der Waals surface area (Å²) in [5.41, 5.74) is 2.00. The Kier molecular flexibility index (Phi) is 3.36. The van der Waals surface area contributed by atoms with Crippen molar-refractivity contribution in [2.24, 2.45) is 0 Å². The van der Waals surface area contributed by atoms with Gasteiger partial charge in [-0.1, -0.05) is 0 Å². The van der Waals surface area contributed by atoms with Gasteiger partial charge in [0.2, 0.25) is 0 Å². The molecular weight excluding hydrogens is 229 g/mol. The summed E-state index contributed by atoms with van der Waals surface area (Å²) in [6, 6.07) is 6.34. The molecule has 2 aromatic rings. The zero-order valence-electron chi connectivity index (χ0n) is 10.9. The van der Waals surface area contributed by atoms with E-state index in [0.29, 0.717) is 6.54 Å². The van der Waals surface area contributed by atoms with Crippen LogP contribution in [0.2, 0.25) is 0 Å².